The fourth-order valence-electron chi connectivity index (χ4n) is 3.07. The molecule has 0 atom stereocenters. The molecule has 144 valence electrons. The molecule has 4 rings (SSSR count). The maximum absolute atomic E-state index is 12.6. The van der Waals surface area contributed by atoms with Crippen LogP contribution in [0.25, 0.3) is 0 Å². The molecule has 3 aromatic rings. The highest BCUT2D eigenvalue weighted by Gasteiger charge is 2.20. The van der Waals surface area contributed by atoms with Gasteiger partial charge >= 0.3 is 0 Å². The van der Waals surface area contributed by atoms with Gasteiger partial charge in [-0.25, -0.2) is 0 Å². The number of nitrogens with one attached hydrogen (secondary N) is 1. The fraction of sp³-hybridized carbons (Fsp3) is 0.250. The van der Waals surface area contributed by atoms with Crippen LogP contribution >= 0.6 is 23.1 Å². The number of nitrogens with zero attached hydrogens (tertiary/aromatic N) is 3. The zero-order chi connectivity index (χ0) is 19.3. The Bertz CT molecular complexity index is 976. The molecule has 0 saturated carbocycles. The van der Waals surface area contributed by atoms with Gasteiger partial charge < -0.3 is 15.0 Å². The van der Waals surface area contributed by atoms with Crippen molar-refractivity contribution in [1.82, 2.24) is 15.1 Å². The first-order chi connectivity index (χ1) is 13.7. The molecule has 28 heavy (non-hydrogen) atoms. The van der Waals surface area contributed by atoms with Crippen LogP contribution in [0.4, 0.5) is 10.8 Å². The highest BCUT2D eigenvalue weighted by molar-refractivity contribution is 8.01. The summed E-state index contributed by atoms with van der Waals surface area (Å²) in [6.45, 7) is 1.46. The van der Waals surface area contributed by atoms with Crippen molar-refractivity contribution in [3.05, 3.63) is 59.7 Å². The quantitative estimate of drug-likeness (QED) is 0.618. The van der Waals surface area contributed by atoms with Crippen molar-refractivity contribution in [3.63, 3.8) is 0 Å². The van der Waals surface area contributed by atoms with Crippen molar-refractivity contribution < 1.29 is 9.53 Å². The number of methoxy groups -OCH3 is 1. The number of rotatable bonds is 6. The maximum Gasteiger partial charge on any atom is 0.233 e. The van der Waals surface area contributed by atoms with E-state index in [0.717, 1.165) is 28.7 Å². The summed E-state index contributed by atoms with van der Waals surface area (Å²) in [6.07, 6.45) is 0.917. The van der Waals surface area contributed by atoms with Crippen LogP contribution in [0.1, 0.15) is 11.1 Å². The van der Waals surface area contributed by atoms with Crippen LogP contribution in [-0.2, 0) is 17.8 Å². The first-order valence-electron chi connectivity index (χ1n) is 8.93. The normalized spacial score (nSPS) is 13.1. The van der Waals surface area contributed by atoms with Crippen LogP contribution in [0.5, 0.6) is 5.75 Å². The minimum Gasteiger partial charge on any atom is -0.497 e. The minimum absolute atomic E-state index is 0.136. The van der Waals surface area contributed by atoms with E-state index >= 15 is 0 Å². The van der Waals surface area contributed by atoms with Gasteiger partial charge in [0.25, 0.3) is 0 Å². The number of aromatic nitrogens is 2. The third kappa shape index (κ3) is 4.45. The monoisotopic (exact) mass is 412 g/mol. The van der Waals surface area contributed by atoms with Crippen molar-refractivity contribution in [3.8, 4) is 5.75 Å². The van der Waals surface area contributed by atoms with Gasteiger partial charge in [0.15, 0.2) is 4.34 Å². The van der Waals surface area contributed by atoms with E-state index in [-0.39, 0.29) is 5.91 Å². The zero-order valence-corrected chi connectivity index (χ0v) is 17.1. The van der Waals surface area contributed by atoms with Gasteiger partial charge in [-0.05, 0) is 29.7 Å². The number of carbonyl (C=O) groups excluding carboxylic acids is 1. The Hall–Kier alpha value is -2.58. The van der Waals surface area contributed by atoms with E-state index in [2.05, 4.69) is 33.7 Å². The Balaban J connectivity index is 1.31. The third-order valence-electron chi connectivity index (χ3n) is 4.53. The number of hydrogen-bond donors (Lipinski definition) is 1. The molecule has 2 aromatic carbocycles. The minimum atomic E-state index is 0.136. The van der Waals surface area contributed by atoms with E-state index in [4.69, 9.17) is 4.74 Å². The second-order valence-corrected chi connectivity index (χ2v) is 8.55. The van der Waals surface area contributed by atoms with Gasteiger partial charge in [-0.15, -0.1) is 10.2 Å². The zero-order valence-electron chi connectivity index (χ0n) is 15.4. The molecule has 1 aromatic heterocycles. The average molecular weight is 413 g/mol. The SMILES string of the molecule is COc1cccc(Nc2nnc(SCC(=O)N3CCc4ccccc4C3)s2)c1. The van der Waals surface area contributed by atoms with Crippen LogP contribution < -0.4 is 10.1 Å². The molecule has 0 saturated heterocycles. The highest BCUT2D eigenvalue weighted by atomic mass is 32.2. The molecule has 1 aliphatic heterocycles. The molecule has 0 aliphatic carbocycles. The van der Waals surface area contributed by atoms with Gasteiger partial charge in [-0.1, -0.05) is 53.4 Å². The molecule has 0 spiro atoms. The summed E-state index contributed by atoms with van der Waals surface area (Å²) in [5.41, 5.74) is 3.47. The maximum atomic E-state index is 12.6. The predicted octanol–water partition coefficient (Wildman–Crippen LogP) is 3.97. The second-order valence-electron chi connectivity index (χ2n) is 6.35. The molecule has 0 bridgehead atoms. The summed E-state index contributed by atoms with van der Waals surface area (Å²) in [4.78, 5) is 14.5. The lowest BCUT2D eigenvalue weighted by atomic mass is 10.00. The van der Waals surface area contributed by atoms with Crippen LogP contribution in [-0.4, -0.2) is 40.4 Å². The molecular formula is C20H20N4O2S2. The van der Waals surface area contributed by atoms with Crippen LogP contribution in [0, 0.1) is 0 Å². The second kappa shape index (κ2) is 8.62. The van der Waals surface area contributed by atoms with Crippen molar-refractivity contribution in [2.24, 2.45) is 0 Å². The first-order valence-corrected chi connectivity index (χ1v) is 10.7. The van der Waals surface area contributed by atoms with E-state index in [1.165, 1.54) is 34.2 Å². The van der Waals surface area contributed by atoms with Crippen molar-refractivity contribution in [1.29, 1.82) is 0 Å². The predicted molar refractivity (Wildman–Crippen MR) is 112 cm³/mol. The van der Waals surface area contributed by atoms with Gasteiger partial charge in [-0.3, -0.25) is 4.79 Å². The number of thioether (sulfide) groups is 1. The number of amides is 1. The van der Waals surface area contributed by atoms with E-state index in [1.54, 1.807) is 7.11 Å². The lowest BCUT2D eigenvalue weighted by molar-refractivity contribution is -0.129. The molecule has 0 radical (unpaired) electrons. The van der Waals surface area contributed by atoms with E-state index in [0.29, 0.717) is 17.4 Å². The molecular weight excluding hydrogens is 392 g/mol. The Morgan fingerprint density at radius 2 is 2.07 bits per heavy atom. The molecule has 0 fully saturated rings. The number of ether oxygens (including phenoxy) is 1. The molecule has 1 amide bonds. The highest BCUT2D eigenvalue weighted by Crippen LogP contribution is 2.29. The summed E-state index contributed by atoms with van der Waals surface area (Å²) >= 11 is 2.87. The molecule has 2 heterocycles. The van der Waals surface area contributed by atoms with Crippen LogP contribution in [0.3, 0.4) is 0 Å². The molecule has 6 nitrogen and oxygen atoms in total. The number of anilines is 2. The Kier molecular flexibility index (Phi) is 5.78. The number of carbonyl (C=O) groups is 1. The smallest absolute Gasteiger partial charge is 0.233 e. The van der Waals surface area contributed by atoms with Crippen molar-refractivity contribution in [2.75, 3.05) is 24.7 Å². The van der Waals surface area contributed by atoms with Gasteiger partial charge in [0, 0.05) is 24.8 Å². The largest absolute Gasteiger partial charge is 0.497 e. The summed E-state index contributed by atoms with van der Waals surface area (Å²) in [6, 6.07) is 16.0. The van der Waals surface area contributed by atoms with Gasteiger partial charge in [0.1, 0.15) is 5.75 Å². The number of hydrogen-bond acceptors (Lipinski definition) is 7. The van der Waals surface area contributed by atoms with E-state index in [1.807, 2.05) is 35.2 Å². The van der Waals surface area contributed by atoms with E-state index in [9.17, 15) is 4.79 Å². The molecule has 1 aliphatic rings. The summed E-state index contributed by atoms with van der Waals surface area (Å²) in [7, 11) is 1.64. The summed E-state index contributed by atoms with van der Waals surface area (Å²) in [5.74, 6) is 1.28. The Morgan fingerprint density at radius 3 is 2.93 bits per heavy atom. The van der Waals surface area contributed by atoms with Gasteiger partial charge in [0.2, 0.25) is 11.0 Å². The Labute approximate surface area is 171 Å². The van der Waals surface area contributed by atoms with Crippen LogP contribution in [0.2, 0.25) is 0 Å². The van der Waals surface area contributed by atoms with Gasteiger partial charge in [0.05, 0.1) is 12.9 Å². The average Bonchev–Trinajstić information content (AvgIpc) is 3.19. The van der Waals surface area contributed by atoms with Gasteiger partial charge in [-0.2, -0.15) is 0 Å². The number of fused-ring (bicyclic) bond motifs is 1. The van der Waals surface area contributed by atoms with E-state index < -0.39 is 0 Å². The summed E-state index contributed by atoms with van der Waals surface area (Å²) in [5, 5.41) is 12.2. The molecule has 0 unspecified atom stereocenters. The first kappa shape index (κ1) is 18.8. The van der Waals surface area contributed by atoms with Crippen molar-refractivity contribution >= 4 is 39.8 Å². The third-order valence-corrected chi connectivity index (χ3v) is 6.49. The Morgan fingerprint density at radius 1 is 1.21 bits per heavy atom. The molecule has 1 N–H and O–H groups in total. The lowest BCUT2D eigenvalue weighted by Gasteiger charge is -2.28. The number of benzene rings is 2. The van der Waals surface area contributed by atoms with Crippen LogP contribution in [0.15, 0.2) is 52.9 Å². The fourth-order valence-corrected chi connectivity index (χ4v) is 4.74. The standard InChI is InChI=1S/C20H20N4O2S2/c1-26-17-8-4-7-16(11-17)21-19-22-23-20(28-19)27-13-18(25)24-10-9-14-5-2-3-6-15(14)12-24/h2-8,11H,9-10,12-13H2,1H3,(H,21,22). The molecule has 8 heteroatoms. The van der Waals surface area contributed by atoms with Crippen molar-refractivity contribution in [2.45, 2.75) is 17.3 Å². The lowest BCUT2D eigenvalue weighted by Crippen LogP contribution is -2.37. The summed E-state index contributed by atoms with van der Waals surface area (Å²) < 4.78 is 6.00. The topological polar surface area (TPSA) is 67.3 Å².